The first-order valence-corrected chi connectivity index (χ1v) is 6.07. The van der Waals surface area contributed by atoms with Gasteiger partial charge in [0.1, 0.15) is 5.60 Å². The van der Waals surface area contributed by atoms with Gasteiger partial charge < -0.3 is 4.74 Å². The molecule has 17 heavy (non-hydrogen) atoms. The van der Waals surface area contributed by atoms with Crippen molar-refractivity contribution < 1.29 is 9.53 Å². The van der Waals surface area contributed by atoms with Gasteiger partial charge in [0.2, 0.25) is 0 Å². The quantitative estimate of drug-likeness (QED) is 0.585. The molecular formula is C13H22N2O2. The SMILES string of the molecule is C#C[C@H](NCN1CCCC1)C(=O)OC(C)(C)C. The lowest BCUT2D eigenvalue weighted by atomic mass is 10.2. The fourth-order valence-electron chi connectivity index (χ4n) is 1.73. The van der Waals surface area contributed by atoms with E-state index in [0.717, 1.165) is 13.1 Å². The number of rotatable bonds is 4. The van der Waals surface area contributed by atoms with Crippen LogP contribution >= 0.6 is 0 Å². The van der Waals surface area contributed by atoms with E-state index in [4.69, 9.17) is 11.2 Å². The molecule has 4 nitrogen and oxygen atoms in total. The molecule has 0 aliphatic carbocycles. The normalized spacial score (nSPS) is 18.7. The topological polar surface area (TPSA) is 41.6 Å². The maximum Gasteiger partial charge on any atom is 0.336 e. The first-order chi connectivity index (χ1) is 7.92. The summed E-state index contributed by atoms with van der Waals surface area (Å²) in [4.78, 5) is 14.0. The van der Waals surface area contributed by atoms with Crippen molar-refractivity contribution >= 4 is 5.97 Å². The highest BCUT2D eigenvalue weighted by Gasteiger charge is 2.24. The van der Waals surface area contributed by atoms with Gasteiger partial charge in [0.15, 0.2) is 6.04 Å². The van der Waals surface area contributed by atoms with E-state index < -0.39 is 11.6 Å². The second-order valence-electron chi connectivity index (χ2n) is 5.32. The average Bonchev–Trinajstić information content (AvgIpc) is 2.68. The molecule has 1 aliphatic heterocycles. The Hall–Kier alpha value is -1.05. The van der Waals surface area contributed by atoms with Gasteiger partial charge in [-0.2, -0.15) is 0 Å². The molecule has 0 amide bonds. The first-order valence-electron chi connectivity index (χ1n) is 6.07. The van der Waals surface area contributed by atoms with Crippen molar-refractivity contribution in [2.24, 2.45) is 0 Å². The highest BCUT2D eigenvalue weighted by atomic mass is 16.6. The van der Waals surface area contributed by atoms with Gasteiger partial charge in [-0.15, -0.1) is 6.42 Å². The monoisotopic (exact) mass is 238 g/mol. The lowest BCUT2D eigenvalue weighted by Gasteiger charge is -2.23. The van der Waals surface area contributed by atoms with Gasteiger partial charge in [0.05, 0.1) is 0 Å². The van der Waals surface area contributed by atoms with E-state index in [1.807, 2.05) is 20.8 Å². The molecule has 0 saturated carbocycles. The molecule has 96 valence electrons. The average molecular weight is 238 g/mol. The zero-order valence-electron chi connectivity index (χ0n) is 11.0. The van der Waals surface area contributed by atoms with Gasteiger partial charge in [0.25, 0.3) is 0 Å². The van der Waals surface area contributed by atoms with Crippen LogP contribution in [-0.2, 0) is 9.53 Å². The highest BCUT2D eigenvalue weighted by Crippen LogP contribution is 2.09. The summed E-state index contributed by atoms with van der Waals surface area (Å²) in [5.41, 5.74) is -0.499. The lowest BCUT2D eigenvalue weighted by molar-refractivity contribution is -0.155. The molecule has 0 aromatic carbocycles. The molecular weight excluding hydrogens is 216 g/mol. The largest absolute Gasteiger partial charge is 0.458 e. The molecule has 1 aliphatic rings. The number of likely N-dealkylation sites (tertiary alicyclic amines) is 1. The van der Waals surface area contributed by atoms with E-state index in [0.29, 0.717) is 6.67 Å². The third kappa shape index (κ3) is 5.20. The van der Waals surface area contributed by atoms with Gasteiger partial charge in [-0.05, 0) is 46.7 Å². The number of carbonyl (C=O) groups excluding carboxylic acids is 1. The predicted molar refractivity (Wildman–Crippen MR) is 67.3 cm³/mol. The molecule has 1 N–H and O–H groups in total. The molecule has 1 heterocycles. The number of nitrogens with zero attached hydrogens (tertiary/aromatic N) is 1. The Morgan fingerprint density at radius 2 is 2.06 bits per heavy atom. The summed E-state index contributed by atoms with van der Waals surface area (Å²) < 4.78 is 5.24. The van der Waals surface area contributed by atoms with Crippen LogP contribution in [0.1, 0.15) is 33.6 Å². The molecule has 0 spiro atoms. The van der Waals surface area contributed by atoms with Gasteiger partial charge in [-0.25, -0.2) is 4.79 Å². The van der Waals surface area contributed by atoms with Crippen LogP contribution in [0.15, 0.2) is 0 Å². The van der Waals surface area contributed by atoms with Gasteiger partial charge >= 0.3 is 5.97 Å². The molecule has 1 saturated heterocycles. The molecule has 1 fully saturated rings. The number of nitrogens with one attached hydrogen (secondary N) is 1. The maximum atomic E-state index is 11.7. The summed E-state index contributed by atoms with van der Waals surface area (Å²) in [6.45, 7) is 8.28. The molecule has 1 atom stereocenters. The fourth-order valence-corrected chi connectivity index (χ4v) is 1.73. The van der Waals surface area contributed by atoms with E-state index in [1.54, 1.807) is 0 Å². The van der Waals surface area contributed by atoms with Crippen LogP contribution < -0.4 is 5.32 Å². The van der Waals surface area contributed by atoms with Crippen LogP contribution in [0.25, 0.3) is 0 Å². The minimum atomic E-state index is -0.658. The Bertz CT molecular complexity index is 296. The van der Waals surface area contributed by atoms with Crippen molar-refractivity contribution in [2.75, 3.05) is 19.8 Å². The van der Waals surface area contributed by atoms with Crippen molar-refractivity contribution in [3.8, 4) is 12.3 Å². The van der Waals surface area contributed by atoms with Crippen LogP contribution in [0.3, 0.4) is 0 Å². The van der Waals surface area contributed by atoms with Crippen molar-refractivity contribution in [1.82, 2.24) is 10.2 Å². The summed E-state index contributed by atoms with van der Waals surface area (Å²) >= 11 is 0. The number of hydrogen-bond acceptors (Lipinski definition) is 4. The van der Waals surface area contributed by atoms with Crippen molar-refractivity contribution in [3.05, 3.63) is 0 Å². The Balaban J connectivity index is 2.37. The van der Waals surface area contributed by atoms with Crippen molar-refractivity contribution in [3.63, 3.8) is 0 Å². The molecule has 0 radical (unpaired) electrons. The van der Waals surface area contributed by atoms with E-state index in [9.17, 15) is 4.79 Å². The highest BCUT2D eigenvalue weighted by molar-refractivity contribution is 5.79. The van der Waals surface area contributed by atoms with E-state index >= 15 is 0 Å². The van der Waals surface area contributed by atoms with Gasteiger partial charge in [-0.1, -0.05) is 5.92 Å². The Kier molecular flexibility index (Phi) is 4.98. The number of ether oxygens (including phenoxy) is 1. The Morgan fingerprint density at radius 1 is 1.47 bits per heavy atom. The summed E-state index contributed by atoms with van der Waals surface area (Å²) in [5, 5.41) is 3.05. The van der Waals surface area contributed by atoms with Crippen LogP contribution in [0.2, 0.25) is 0 Å². The lowest BCUT2D eigenvalue weighted by Crippen LogP contribution is -2.44. The van der Waals surface area contributed by atoms with E-state index in [-0.39, 0.29) is 5.97 Å². The smallest absolute Gasteiger partial charge is 0.336 e. The van der Waals surface area contributed by atoms with Gasteiger partial charge in [-0.3, -0.25) is 10.2 Å². The minimum absolute atomic E-state index is 0.376. The number of carbonyl (C=O) groups is 1. The van der Waals surface area contributed by atoms with Crippen LogP contribution in [-0.4, -0.2) is 42.3 Å². The van der Waals surface area contributed by atoms with Crippen LogP contribution in [0.5, 0.6) is 0 Å². The van der Waals surface area contributed by atoms with Crippen LogP contribution in [0, 0.1) is 12.3 Å². The van der Waals surface area contributed by atoms with Crippen molar-refractivity contribution in [1.29, 1.82) is 0 Å². The number of hydrogen-bond donors (Lipinski definition) is 1. The summed E-state index contributed by atoms with van der Waals surface area (Å²) in [7, 11) is 0. The van der Waals surface area contributed by atoms with Crippen molar-refractivity contribution in [2.45, 2.75) is 45.3 Å². The maximum absolute atomic E-state index is 11.7. The standard InChI is InChI=1S/C13H22N2O2/c1-5-11(12(16)17-13(2,3)4)14-10-15-8-6-7-9-15/h1,11,14H,6-10H2,2-4H3/t11-/m0/s1. The summed E-state index contributed by atoms with van der Waals surface area (Å²) in [6.07, 6.45) is 7.78. The zero-order valence-corrected chi connectivity index (χ0v) is 11.0. The van der Waals surface area contributed by atoms with Gasteiger partial charge in [0, 0.05) is 6.67 Å². The third-order valence-electron chi connectivity index (χ3n) is 2.53. The minimum Gasteiger partial charge on any atom is -0.458 e. The second kappa shape index (κ2) is 6.04. The zero-order chi connectivity index (χ0) is 12.9. The molecule has 4 heteroatoms. The molecule has 0 unspecified atom stereocenters. The number of terminal acetylenes is 1. The van der Waals surface area contributed by atoms with E-state index in [1.165, 1.54) is 12.8 Å². The van der Waals surface area contributed by atoms with Crippen LogP contribution in [0.4, 0.5) is 0 Å². The molecule has 0 bridgehead atoms. The molecule has 0 aromatic heterocycles. The summed E-state index contributed by atoms with van der Waals surface area (Å²) in [5.74, 6) is 2.06. The predicted octanol–water partition coefficient (Wildman–Crippen LogP) is 0.973. The Labute approximate surface area is 104 Å². The molecule has 1 rings (SSSR count). The summed E-state index contributed by atoms with van der Waals surface area (Å²) in [6, 6.07) is -0.658. The fraction of sp³-hybridized carbons (Fsp3) is 0.769. The third-order valence-corrected chi connectivity index (χ3v) is 2.53. The first kappa shape index (κ1) is 14.0. The molecule has 0 aromatic rings. The second-order valence-corrected chi connectivity index (χ2v) is 5.32. The number of esters is 1. The Morgan fingerprint density at radius 3 is 2.53 bits per heavy atom. The van der Waals surface area contributed by atoms with E-state index in [2.05, 4.69) is 16.1 Å².